The van der Waals surface area contributed by atoms with Crippen LogP contribution in [0.1, 0.15) is 24.8 Å². The van der Waals surface area contributed by atoms with Crippen LogP contribution in [0.4, 0.5) is 0 Å². The molecule has 0 spiro atoms. The van der Waals surface area contributed by atoms with Crippen molar-refractivity contribution in [3.8, 4) is 12.3 Å². The van der Waals surface area contributed by atoms with Crippen LogP contribution in [0.2, 0.25) is 0 Å². The van der Waals surface area contributed by atoms with Gasteiger partial charge in [-0.25, -0.2) is 0 Å². The van der Waals surface area contributed by atoms with Gasteiger partial charge in [0.05, 0.1) is 6.26 Å². The molecule has 82 valence electrons. The Kier molecular flexibility index (Phi) is 3.31. The Labute approximate surface area is 97.1 Å². The zero-order valence-corrected chi connectivity index (χ0v) is 9.36. The Balaban J connectivity index is 1.82. The van der Waals surface area contributed by atoms with Crippen molar-refractivity contribution in [1.29, 1.82) is 0 Å². The van der Waals surface area contributed by atoms with Crippen LogP contribution in [0, 0.1) is 12.3 Å². The Morgan fingerprint density at radius 1 is 1.31 bits per heavy atom. The highest BCUT2D eigenvalue weighted by Crippen LogP contribution is 2.28. The van der Waals surface area contributed by atoms with Crippen LogP contribution < -0.4 is 0 Å². The van der Waals surface area contributed by atoms with Crippen LogP contribution in [-0.4, -0.2) is 5.60 Å². The Morgan fingerprint density at radius 3 is 2.75 bits per heavy atom. The molecule has 1 nitrogen and oxygen atoms in total. The molecular weight excluding hydrogens is 196 g/mol. The van der Waals surface area contributed by atoms with Crippen LogP contribution >= 0.6 is 0 Å². The van der Waals surface area contributed by atoms with Gasteiger partial charge >= 0.3 is 0 Å². The number of ether oxygens (including phenoxy) is 1. The van der Waals surface area contributed by atoms with E-state index in [0.717, 1.165) is 25.7 Å². The molecule has 1 aromatic carbocycles. The summed E-state index contributed by atoms with van der Waals surface area (Å²) in [5.41, 5.74) is 0.995. The minimum absolute atomic E-state index is 0.366. The summed E-state index contributed by atoms with van der Waals surface area (Å²) in [7, 11) is 0. The summed E-state index contributed by atoms with van der Waals surface area (Å²) in [5.74, 6) is 2.78. The SMILES string of the molecule is C#CC1(CCCc2ccccc2)CC=CO1. The molecule has 0 amide bonds. The van der Waals surface area contributed by atoms with Crippen LogP contribution in [0.15, 0.2) is 42.7 Å². The minimum atomic E-state index is -0.366. The molecule has 1 unspecified atom stereocenters. The molecule has 0 bridgehead atoms. The maximum atomic E-state index is 5.53. The summed E-state index contributed by atoms with van der Waals surface area (Å²) >= 11 is 0. The molecule has 2 rings (SSSR count). The van der Waals surface area contributed by atoms with Crippen LogP contribution in [0.25, 0.3) is 0 Å². The van der Waals surface area contributed by atoms with E-state index in [0.29, 0.717) is 0 Å². The molecule has 0 N–H and O–H groups in total. The Morgan fingerprint density at radius 2 is 2.12 bits per heavy atom. The number of benzene rings is 1. The minimum Gasteiger partial charge on any atom is -0.482 e. The smallest absolute Gasteiger partial charge is 0.171 e. The van der Waals surface area contributed by atoms with Crippen LogP contribution in [-0.2, 0) is 11.2 Å². The second kappa shape index (κ2) is 4.90. The van der Waals surface area contributed by atoms with Crippen LogP contribution in [0.3, 0.4) is 0 Å². The molecule has 1 aliphatic rings. The number of hydrogen-bond donors (Lipinski definition) is 0. The normalized spacial score (nSPS) is 22.7. The van der Waals surface area contributed by atoms with E-state index in [4.69, 9.17) is 11.2 Å². The molecule has 0 saturated heterocycles. The number of hydrogen-bond acceptors (Lipinski definition) is 1. The second-order valence-corrected chi connectivity index (χ2v) is 4.17. The van der Waals surface area contributed by atoms with Gasteiger partial charge in [-0.05, 0) is 30.9 Å². The van der Waals surface area contributed by atoms with Crippen molar-refractivity contribution in [2.45, 2.75) is 31.3 Å². The lowest BCUT2D eigenvalue weighted by molar-refractivity contribution is 0.0914. The van der Waals surface area contributed by atoms with Crippen molar-refractivity contribution in [3.05, 3.63) is 48.2 Å². The standard InChI is InChI=1S/C15H16O/c1-2-15(12-7-13-16-15)11-6-10-14-8-4-3-5-9-14/h1,3-5,7-9,13H,6,10-12H2. The molecule has 0 radical (unpaired) electrons. The quantitative estimate of drug-likeness (QED) is 0.696. The zero-order valence-electron chi connectivity index (χ0n) is 9.36. The summed E-state index contributed by atoms with van der Waals surface area (Å²) in [6.07, 6.45) is 13.2. The maximum Gasteiger partial charge on any atom is 0.171 e. The van der Waals surface area contributed by atoms with Crippen molar-refractivity contribution >= 4 is 0 Å². The van der Waals surface area contributed by atoms with Crippen LogP contribution in [0.5, 0.6) is 0 Å². The van der Waals surface area contributed by atoms with Crippen molar-refractivity contribution in [1.82, 2.24) is 0 Å². The summed E-state index contributed by atoms with van der Waals surface area (Å²) in [6, 6.07) is 10.5. The molecule has 1 atom stereocenters. The van der Waals surface area contributed by atoms with Gasteiger partial charge in [-0.1, -0.05) is 36.3 Å². The van der Waals surface area contributed by atoms with Crippen molar-refractivity contribution < 1.29 is 4.74 Å². The fraction of sp³-hybridized carbons (Fsp3) is 0.333. The molecule has 16 heavy (non-hydrogen) atoms. The predicted molar refractivity (Wildman–Crippen MR) is 65.8 cm³/mol. The third kappa shape index (κ3) is 2.46. The van der Waals surface area contributed by atoms with Gasteiger partial charge in [0, 0.05) is 6.42 Å². The highest BCUT2D eigenvalue weighted by atomic mass is 16.5. The molecular formula is C15H16O. The van der Waals surface area contributed by atoms with Gasteiger partial charge in [-0.2, -0.15) is 0 Å². The summed E-state index contributed by atoms with van der Waals surface area (Å²) in [6.45, 7) is 0. The van der Waals surface area contributed by atoms with E-state index < -0.39 is 0 Å². The van der Waals surface area contributed by atoms with E-state index in [2.05, 4.69) is 30.2 Å². The van der Waals surface area contributed by atoms with E-state index in [1.165, 1.54) is 5.56 Å². The lowest BCUT2D eigenvalue weighted by atomic mass is 9.93. The molecule has 0 fully saturated rings. The third-order valence-corrected chi connectivity index (χ3v) is 2.99. The highest BCUT2D eigenvalue weighted by Gasteiger charge is 2.29. The summed E-state index contributed by atoms with van der Waals surface area (Å²) in [4.78, 5) is 0. The molecule has 0 aromatic heterocycles. The molecule has 1 heteroatoms. The first-order chi connectivity index (χ1) is 7.85. The van der Waals surface area contributed by atoms with E-state index in [1.54, 1.807) is 6.26 Å². The largest absolute Gasteiger partial charge is 0.482 e. The van der Waals surface area contributed by atoms with Gasteiger partial charge in [-0.15, -0.1) is 6.42 Å². The molecule has 0 aliphatic carbocycles. The average molecular weight is 212 g/mol. The Bertz CT molecular complexity index is 389. The van der Waals surface area contributed by atoms with Gasteiger partial charge in [-0.3, -0.25) is 0 Å². The lowest BCUT2D eigenvalue weighted by Gasteiger charge is -2.22. The molecule has 1 heterocycles. The predicted octanol–water partition coefficient (Wildman–Crippen LogP) is 3.32. The van der Waals surface area contributed by atoms with E-state index in [1.807, 2.05) is 12.1 Å². The van der Waals surface area contributed by atoms with E-state index in [-0.39, 0.29) is 5.60 Å². The lowest BCUT2D eigenvalue weighted by Crippen LogP contribution is -2.25. The zero-order chi connectivity index (χ0) is 11.3. The van der Waals surface area contributed by atoms with Gasteiger partial charge in [0.2, 0.25) is 0 Å². The monoisotopic (exact) mass is 212 g/mol. The van der Waals surface area contributed by atoms with Gasteiger partial charge < -0.3 is 4.74 Å². The van der Waals surface area contributed by atoms with Crippen molar-refractivity contribution in [2.24, 2.45) is 0 Å². The fourth-order valence-electron chi connectivity index (χ4n) is 2.01. The van der Waals surface area contributed by atoms with Gasteiger partial charge in [0.1, 0.15) is 0 Å². The summed E-state index contributed by atoms with van der Waals surface area (Å²) in [5, 5.41) is 0. The molecule has 1 aromatic rings. The molecule has 0 saturated carbocycles. The van der Waals surface area contributed by atoms with E-state index >= 15 is 0 Å². The summed E-state index contributed by atoms with van der Waals surface area (Å²) < 4.78 is 5.51. The number of terminal acetylenes is 1. The molecule has 1 aliphatic heterocycles. The fourth-order valence-corrected chi connectivity index (χ4v) is 2.01. The first kappa shape index (κ1) is 10.8. The van der Waals surface area contributed by atoms with Gasteiger partial charge in [0.15, 0.2) is 5.60 Å². The van der Waals surface area contributed by atoms with Crippen molar-refractivity contribution in [2.75, 3.05) is 0 Å². The second-order valence-electron chi connectivity index (χ2n) is 4.17. The van der Waals surface area contributed by atoms with Crippen molar-refractivity contribution in [3.63, 3.8) is 0 Å². The third-order valence-electron chi connectivity index (χ3n) is 2.99. The average Bonchev–Trinajstić information content (AvgIpc) is 2.80. The number of aryl methyl sites for hydroxylation is 1. The van der Waals surface area contributed by atoms with E-state index in [9.17, 15) is 0 Å². The highest BCUT2D eigenvalue weighted by molar-refractivity contribution is 5.17. The first-order valence-corrected chi connectivity index (χ1v) is 5.69. The van der Waals surface area contributed by atoms with Gasteiger partial charge in [0.25, 0.3) is 0 Å². The maximum absolute atomic E-state index is 5.53. The Hall–Kier alpha value is -1.68. The topological polar surface area (TPSA) is 9.23 Å². The first-order valence-electron chi connectivity index (χ1n) is 5.69. The number of rotatable bonds is 4.